The predicted molar refractivity (Wildman–Crippen MR) is 77.1 cm³/mol. The number of hydrogen-bond acceptors (Lipinski definition) is 4. The molecule has 0 aliphatic carbocycles. The SMILES string of the molecule is Cc1ccc(-c2c(N)noc2-c2cccc(=O)[nH]2)cc1. The van der Waals surface area contributed by atoms with E-state index in [0.29, 0.717) is 22.8 Å². The van der Waals surface area contributed by atoms with Crippen molar-refractivity contribution in [2.24, 2.45) is 0 Å². The van der Waals surface area contributed by atoms with Gasteiger partial charge in [-0.1, -0.05) is 41.1 Å². The van der Waals surface area contributed by atoms with Gasteiger partial charge in [-0.2, -0.15) is 0 Å². The molecule has 5 nitrogen and oxygen atoms in total. The molecule has 5 heteroatoms. The van der Waals surface area contributed by atoms with Crippen LogP contribution in [-0.2, 0) is 0 Å². The predicted octanol–water partition coefficient (Wildman–Crippen LogP) is 2.59. The van der Waals surface area contributed by atoms with Crippen LogP contribution in [0.5, 0.6) is 0 Å². The standard InChI is InChI=1S/C15H13N3O2/c1-9-5-7-10(8-6-9)13-14(20-18-15(13)16)11-3-2-4-12(19)17-11/h2-8H,1H3,(H2,16,18)(H,17,19). The first-order chi connectivity index (χ1) is 9.65. The second kappa shape index (κ2) is 4.70. The zero-order valence-corrected chi connectivity index (χ0v) is 10.9. The van der Waals surface area contributed by atoms with Crippen molar-refractivity contribution < 1.29 is 4.52 Å². The molecule has 3 N–H and O–H groups in total. The van der Waals surface area contributed by atoms with Crippen LogP contribution < -0.4 is 11.3 Å². The van der Waals surface area contributed by atoms with Crippen LogP contribution >= 0.6 is 0 Å². The Balaban J connectivity index is 2.19. The minimum absolute atomic E-state index is 0.202. The largest absolute Gasteiger partial charge is 0.380 e. The number of H-pyrrole nitrogens is 1. The van der Waals surface area contributed by atoms with Gasteiger partial charge in [-0.15, -0.1) is 0 Å². The lowest BCUT2D eigenvalue weighted by Gasteiger charge is -2.03. The highest BCUT2D eigenvalue weighted by Crippen LogP contribution is 2.35. The summed E-state index contributed by atoms with van der Waals surface area (Å²) in [6.07, 6.45) is 0. The maximum absolute atomic E-state index is 11.4. The summed E-state index contributed by atoms with van der Waals surface area (Å²) in [6, 6.07) is 12.7. The molecule has 0 radical (unpaired) electrons. The molecule has 2 heterocycles. The van der Waals surface area contributed by atoms with Crippen LogP contribution in [0.15, 0.2) is 51.8 Å². The van der Waals surface area contributed by atoms with Crippen LogP contribution in [0.25, 0.3) is 22.6 Å². The van der Waals surface area contributed by atoms with E-state index in [9.17, 15) is 4.79 Å². The second-order valence-electron chi connectivity index (χ2n) is 4.57. The van der Waals surface area contributed by atoms with E-state index in [1.54, 1.807) is 12.1 Å². The minimum atomic E-state index is -0.202. The van der Waals surface area contributed by atoms with E-state index >= 15 is 0 Å². The third-order valence-corrected chi connectivity index (χ3v) is 3.07. The maximum Gasteiger partial charge on any atom is 0.248 e. The fourth-order valence-corrected chi connectivity index (χ4v) is 2.07. The van der Waals surface area contributed by atoms with Gasteiger partial charge in [0.25, 0.3) is 0 Å². The normalized spacial score (nSPS) is 10.7. The number of rotatable bonds is 2. The maximum atomic E-state index is 11.4. The van der Waals surface area contributed by atoms with Gasteiger partial charge in [0.1, 0.15) is 0 Å². The third kappa shape index (κ3) is 2.09. The molecular weight excluding hydrogens is 254 g/mol. The highest BCUT2D eigenvalue weighted by Gasteiger charge is 2.18. The quantitative estimate of drug-likeness (QED) is 0.747. The van der Waals surface area contributed by atoms with Crippen molar-refractivity contribution in [2.45, 2.75) is 6.92 Å². The van der Waals surface area contributed by atoms with Gasteiger partial charge in [-0.3, -0.25) is 4.79 Å². The second-order valence-corrected chi connectivity index (χ2v) is 4.57. The van der Waals surface area contributed by atoms with E-state index in [2.05, 4.69) is 10.1 Å². The minimum Gasteiger partial charge on any atom is -0.380 e. The molecule has 20 heavy (non-hydrogen) atoms. The van der Waals surface area contributed by atoms with Crippen molar-refractivity contribution in [1.82, 2.24) is 10.1 Å². The summed E-state index contributed by atoms with van der Waals surface area (Å²) in [4.78, 5) is 14.1. The summed E-state index contributed by atoms with van der Waals surface area (Å²) in [5.41, 5.74) is 8.98. The van der Waals surface area contributed by atoms with Crippen LogP contribution in [0.2, 0.25) is 0 Å². The lowest BCUT2D eigenvalue weighted by Crippen LogP contribution is -2.03. The Hall–Kier alpha value is -2.82. The van der Waals surface area contributed by atoms with E-state index in [-0.39, 0.29) is 5.56 Å². The number of aromatic nitrogens is 2. The average Bonchev–Trinajstić information content (AvgIpc) is 2.82. The first-order valence-corrected chi connectivity index (χ1v) is 6.17. The van der Waals surface area contributed by atoms with Gasteiger partial charge in [0.2, 0.25) is 5.56 Å². The zero-order valence-electron chi connectivity index (χ0n) is 10.9. The Bertz CT molecular complexity index is 800. The highest BCUT2D eigenvalue weighted by atomic mass is 16.5. The Morgan fingerprint density at radius 2 is 1.90 bits per heavy atom. The summed E-state index contributed by atoms with van der Waals surface area (Å²) in [6.45, 7) is 2.01. The van der Waals surface area contributed by atoms with Gasteiger partial charge in [0, 0.05) is 6.07 Å². The Kier molecular flexibility index (Phi) is 2.87. The number of hydrogen-bond donors (Lipinski definition) is 2. The van der Waals surface area contributed by atoms with Crippen LogP contribution in [0, 0.1) is 6.92 Å². The van der Waals surface area contributed by atoms with Crippen LogP contribution in [0.3, 0.4) is 0 Å². The molecular formula is C15H13N3O2. The molecule has 0 bridgehead atoms. The molecule has 0 aliphatic rings. The molecule has 3 aromatic rings. The van der Waals surface area contributed by atoms with E-state index in [4.69, 9.17) is 10.3 Å². The number of anilines is 1. The molecule has 0 saturated carbocycles. The fourth-order valence-electron chi connectivity index (χ4n) is 2.07. The van der Waals surface area contributed by atoms with Crippen molar-refractivity contribution in [3.05, 3.63) is 58.4 Å². The number of nitrogens with zero attached hydrogens (tertiary/aromatic N) is 1. The fraction of sp³-hybridized carbons (Fsp3) is 0.0667. The van der Waals surface area contributed by atoms with Crippen LogP contribution in [-0.4, -0.2) is 10.1 Å². The molecule has 0 fully saturated rings. The molecule has 0 saturated heterocycles. The van der Waals surface area contributed by atoms with E-state index < -0.39 is 0 Å². The summed E-state index contributed by atoms with van der Waals surface area (Å²) in [7, 11) is 0. The monoisotopic (exact) mass is 267 g/mol. The molecule has 1 aromatic carbocycles. The lowest BCUT2D eigenvalue weighted by molar-refractivity contribution is 0.434. The first kappa shape index (κ1) is 12.2. The Morgan fingerprint density at radius 3 is 2.60 bits per heavy atom. The molecule has 100 valence electrons. The molecule has 3 rings (SSSR count). The number of benzene rings is 1. The van der Waals surface area contributed by atoms with Crippen molar-refractivity contribution >= 4 is 5.82 Å². The van der Waals surface area contributed by atoms with Gasteiger partial charge in [0.05, 0.1) is 11.3 Å². The van der Waals surface area contributed by atoms with E-state index in [1.165, 1.54) is 6.07 Å². The number of aryl methyl sites for hydroxylation is 1. The summed E-state index contributed by atoms with van der Waals surface area (Å²) < 4.78 is 5.28. The van der Waals surface area contributed by atoms with Gasteiger partial charge in [-0.25, -0.2) is 0 Å². The molecule has 2 aromatic heterocycles. The van der Waals surface area contributed by atoms with Crippen molar-refractivity contribution in [3.8, 4) is 22.6 Å². The first-order valence-electron chi connectivity index (χ1n) is 6.17. The smallest absolute Gasteiger partial charge is 0.248 e. The highest BCUT2D eigenvalue weighted by molar-refractivity contribution is 5.85. The van der Waals surface area contributed by atoms with Crippen molar-refractivity contribution in [1.29, 1.82) is 0 Å². The topological polar surface area (TPSA) is 84.9 Å². The average molecular weight is 267 g/mol. The van der Waals surface area contributed by atoms with Gasteiger partial charge >= 0.3 is 0 Å². The molecule has 0 atom stereocenters. The number of nitrogens with one attached hydrogen (secondary N) is 1. The summed E-state index contributed by atoms with van der Waals surface area (Å²) in [5.74, 6) is 0.762. The number of pyridine rings is 1. The van der Waals surface area contributed by atoms with E-state index in [0.717, 1.165) is 11.1 Å². The number of nitrogen functional groups attached to an aromatic ring is 1. The molecule has 0 unspecified atom stereocenters. The molecule has 0 aliphatic heterocycles. The molecule has 0 spiro atoms. The lowest BCUT2D eigenvalue weighted by atomic mass is 10.0. The zero-order chi connectivity index (χ0) is 14.1. The van der Waals surface area contributed by atoms with Gasteiger partial charge < -0.3 is 15.2 Å². The Labute approximate surface area is 115 Å². The van der Waals surface area contributed by atoms with E-state index in [1.807, 2.05) is 31.2 Å². The number of aromatic amines is 1. The van der Waals surface area contributed by atoms with Crippen molar-refractivity contribution in [2.75, 3.05) is 5.73 Å². The Morgan fingerprint density at radius 1 is 1.15 bits per heavy atom. The van der Waals surface area contributed by atoms with Gasteiger partial charge in [-0.05, 0) is 18.6 Å². The molecule has 0 amide bonds. The number of nitrogens with two attached hydrogens (primary N) is 1. The van der Waals surface area contributed by atoms with Gasteiger partial charge in [0.15, 0.2) is 11.6 Å². The van der Waals surface area contributed by atoms with Crippen molar-refractivity contribution in [3.63, 3.8) is 0 Å². The van der Waals surface area contributed by atoms with Crippen LogP contribution in [0.1, 0.15) is 5.56 Å². The third-order valence-electron chi connectivity index (χ3n) is 3.07. The summed E-state index contributed by atoms with van der Waals surface area (Å²) in [5, 5.41) is 3.80. The summed E-state index contributed by atoms with van der Waals surface area (Å²) >= 11 is 0. The van der Waals surface area contributed by atoms with Crippen LogP contribution in [0.4, 0.5) is 5.82 Å².